The van der Waals surface area contributed by atoms with Crippen molar-refractivity contribution in [2.45, 2.75) is 44.1 Å². The lowest BCUT2D eigenvalue weighted by molar-refractivity contribution is 0.151. The summed E-state index contributed by atoms with van der Waals surface area (Å²) in [5, 5.41) is 13.1. The number of oxime groups is 1. The molecule has 0 spiro atoms. The maximum absolute atomic E-state index is 9.38. The summed E-state index contributed by atoms with van der Waals surface area (Å²) in [4.78, 5) is 2.60. The maximum Gasteiger partial charge on any atom is 0.0775 e. The number of nitrogens with zero attached hydrogens (tertiary/aromatic N) is 2. The van der Waals surface area contributed by atoms with Crippen molar-refractivity contribution < 1.29 is 5.21 Å². The molecular formula is C18H24N2O. The van der Waals surface area contributed by atoms with Gasteiger partial charge in [-0.2, -0.15) is 0 Å². The number of benzene rings is 1. The summed E-state index contributed by atoms with van der Waals surface area (Å²) in [7, 11) is 0. The van der Waals surface area contributed by atoms with Gasteiger partial charge in [0.25, 0.3) is 0 Å². The summed E-state index contributed by atoms with van der Waals surface area (Å²) < 4.78 is 0. The molecule has 2 saturated carbocycles. The highest BCUT2D eigenvalue weighted by Crippen LogP contribution is 2.46. The lowest BCUT2D eigenvalue weighted by Crippen LogP contribution is -2.48. The fourth-order valence-corrected chi connectivity index (χ4v) is 4.92. The Labute approximate surface area is 126 Å². The van der Waals surface area contributed by atoms with Crippen molar-refractivity contribution in [3.63, 3.8) is 0 Å². The number of hydrogen-bond acceptors (Lipinski definition) is 3. The van der Waals surface area contributed by atoms with E-state index >= 15 is 0 Å². The van der Waals surface area contributed by atoms with E-state index in [2.05, 4.69) is 40.4 Å². The third-order valence-corrected chi connectivity index (χ3v) is 5.95. The van der Waals surface area contributed by atoms with Gasteiger partial charge >= 0.3 is 0 Å². The van der Waals surface area contributed by atoms with Gasteiger partial charge in [0.1, 0.15) is 0 Å². The molecule has 2 bridgehead atoms. The van der Waals surface area contributed by atoms with Crippen LogP contribution in [0.15, 0.2) is 35.5 Å². The van der Waals surface area contributed by atoms with Crippen molar-refractivity contribution in [2.75, 3.05) is 13.1 Å². The lowest BCUT2D eigenvalue weighted by atomic mass is 9.86. The number of fused-ring (bicyclic) bond motifs is 2. The van der Waals surface area contributed by atoms with Crippen LogP contribution in [0.25, 0.3) is 0 Å². The second-order valence-electron chi connectivity index (χ2n) is 6.96. The predicted octanol–water partition coefficient (Wildman–Crippen LogP) is 3.49. The molecule has 1 saturated heterocycles. The van der Waals surface area contributed by atoms with Crippen LogP contribution >= 0.6 is 0 Å². The Morgan fingerprint density at radius 2 is 1.71 bits per heavy atom. The Bertz CT molecular complexity index is 519. The van der Waals surface area contributed by atoms with Crippen LogP contribution in [-0.4, -0.2) is 35.0 Å². The van der Waals surface area contributed by atoms with E-state index in [9.17, 15) is 5.21 Å². The summed E-state index contributed by atoms with van der Waals surface area (Å²) in [5.41, 5.74) is 2.57. The van der Waals surface area contributed by atoms with E-state index in [-0.39, 0.29) is 0 Å². The Hall–Kier alpha value is -1.35. The Kier molecular flexibility index (Phi) is 3.46. The van der Waals surface area contributed by atoms with Crippen LogP contribution in [0.5, 0.6) is 0 Å². The van der Waals surface area contributed by atoms with Gasteiger partial charge in [-0.15, -0.1) is 0 Å². The van der Waals surface area contributed by atoms with Crippen LogP contribution in [0.2, 0.25) is 0 Å². The molecule has 0 unspecified atom stereocenters. The van der Waals surface area contributed by atoms with E-state index in [0.717, 1.165) is 24.7 Å². The molecule has 2 aliphatic carbocycles. The van der Waals surface area contributed by atoms with Crippen LogP contribution in [0.1, 0.15) is 43.6 Å². The van der Waals surface area contributed by atoms with Gasteiger partial charge in [-0.05, 0) is 62.6 Å². The zero-order valence-electron chi connectivity index (χ0n) is 12.5. The first kappa shape index (κ1) is 13.3. The smallest absolute Gasteiger partial charge is 0.0775 e. The topological polar surface area (TPSA) is 35.8 Å². The van der Waals surface area contributed by atoms with Gasteiger partial charge in [0, 0.05) is 5.92 Å². The number of hydrogen-bond donors (Lipinski definition) is 1. The molecule has 0 amide bonds. The molecule has 3 atom stereocenters. The third kappa shape index (κ3) is 2.28. The summed E-state index contributed by atoms with van der Waals surface area (Å²) in [5.74, 6) is 2.02. The first-order valence-corrected chi connectivity index (χ1v) is 8.37. The van der Waals surface area contributed by atoms with E-state index in [1.165, 1.54) is 37.7 Å². The van der Waals surface area contributed by atoms with Crippen LogP contribution in [0.4, 0.5) is 0 Å². The van der Waals surface area contributed by atoms with E-state index < -0.39 is 0 Å². The van der Waals surface area contributed by atoms with Crippen molar-refractivity contribution >= 4 is 5.71 Å². The Morgan fingerprint density at radius 3 is 2.43 bits per heavy atom. The molecule has 1 heterocycles. The van der Waals surface area contributed by atoms with Crippen molar-refractivity contribution in [1.29, 1.82) is 0 Å². The van der Waals surface area contributed by atoms with Crippen molar-refractivity contribution in [1.82, 2.24) is 4.90 Å². The largest absolute Gasteiger partial charge is 0.411 e. The molecule has 1 N–H and O–H groups in total. The second-order valence-corrected chi connectivity index (χ2v) is 6.96. The van der Waals surface area contributed by atoms with E-state index in [1.54, 1.807) is 0 Å². The molecule has 1 aliphatic heterocycles. The molecule has 3 heteroatoms. The number of piperidine rings is 1. The Balaban J connectivity index is 1.44. The zero-order valence-corrected chi connectivity index (χ0v) is 12.5. The molecule has 0 radical (unpaired) electrons. The fraction of sp³-hybridized carbons (Fsp3) is 0.611. The van der Waals surface area contributed by atoms with Crippen molar-refractivity contribution in [3.05, 3.63) is 35.9 Å². The molecule has 1 aromatic carbocycles. The van der Waals surface area contributed by atoms with Crippen LogP contribution in [0, 0.1) is 11.8 Å². The summed E-state index contributed by atoms with van der Waals surface area (Å²) in [6.07, 6.45) is 6.28. The number of rotatable bonds is 2. The number of likely N-dealkylation sites (tertiary alicyclic amines) is 1. The van der Waals surface area contributed by atoms with Gasteiger partial charge in [0.15, 0.2) is 0 Å². The first-order chi connectivity index (χ1) is 10.4. The summed E-state index contributed by atoms with van der Waals surface area (Å²) in [6.45, 7) is 2.29. The average molecular weight is 284 g/mol. The van der Waals surface area contributed by atoms with Gasteiger partial charge in [0.2, 0.25) is 0 Å². The van der Waals surface area contributed by atoms with Gasteiger partial charge in [-0.1, -0.05) is 35.5 Å². The summed E-state index contributed by atoms with van der Waals surface area (Å²) >= 11 is 0. The van der Waals surface area contributed by atoms with Gasteiger partial charge in [0.05, 0.1) is 11.8 Å². The second kappa shape index (κ2) is 5.45. The van der Waals surface area contributed by atoms with E-state index in [4.69, 9.17) is 0 Å². The summed E-state index contributed by atoms with van der Waals surface area (Å²) in [6, 6.07) is 11.3. The molecule has 4 rings (SSSR count). The highest BCUT2D eigenvalue weighted by molar-refractivity contribution is 5.94. The molecule has 3 fully saturated rings. The first-order valence-electron chi connectivity index (χ1n) is 8.37. The third-order valence-electron chi connectivity index (χ3n) is 5.95. The zero-order chi connectivity index (χ0) is 14.2. The highest BCUT2D eigenvalue weighted by atomic mass is 16.4. The Morgan fingerprint density at radius 1 is 0.952 bits per heavy atom. The average Bonchev–Trinajstić information content (AvgIpc) is 3.16. The minimum absolute atomic E-state index is 0.436. The van der Waals surface area contributed by atoms with Gasteiger partial charge in [-0.3, -0.25) is 4.90 Å². The molecule has 0 aromatic heterocycles. The molecule has 3 aliphatic rings. The highest BCUT2D eigenvalue weighted by Gasteiger charge is 2.48. The predicted molar refractivity (Wildman–Crippen MR) is 83.8 cm³/mol. The lowest BCUT2D eigenvalue weighted by Gasteiger charge is -2.39. The van der Waals surface area contributed by atoms with E-state index in [0.29, 0.717) is 17.9 Å². The van der Waals surface area contributed by atoms with Crippen molar-refractivity contribution in [2.24, 2.45) is 17.0 Å². The molecule has 21 heavy (non-hydrogen) atoms. The van der Waals surface area contributed by atoms with Gasteiger partial charge in [-0.25, -0.2) is 0 Å². The van der Waals surface area contributed by atoms with Crippen molar-refractivity contribution in [3.8, 4) is 0 Å². The van der Waals surface area contributed by atoms with Crippen LogP contribution in [-0.2, 0) is 0 Å². The molecule has 3 nitrogen and oxygen atoms in total. The molecule has 1 aromatic rings. The monoisotopic (exact) mass is 284 g/mol. The fourth-order valence-electron chi connectivity index (χ4n) is 4.92. The van der Waals surface area contributed by atoms with Gasteiger partial charge < -0.3 is 5.21 Å². The minimum Gasteiger partial charge on any atom is -0.411 e. The molecular weight excluding hydrogens is 260 g/mol. The quantitative estimate of drug-likeness (QED) is 0.666. The SMILES string of the molecule is O/N=C1/[C@H]2CC[C@H](C2)[C@H]1N1CCC(c2ccccc2)CC1. The van der Waals surface area contributed by atoms with Crippen LogP contribution < -0.4 is 0 Å². The maximum atomic E-state index is 9.38. The standard InChI is InChI=1S/C18H24N2O/c21-19-17-15-6-7-16(12-15)18(17)20-10-8-14(9-11-20)13-4-2-1-3-5-13/h1-5,14-16,18,21H,6-12H2/b19-17-/t15-,16+,18+/m0/s1. The minimum atomic E-state index is 0.436. The van der Waals surface area contributed by atoms with E-state index in [1.807, 2.05) is 0 Å². The normalized spacial score (nSPS) is 35.6. The van der Waals surface area contributed by atoms with Crippen LogP contribution in [0.3, 0.4) is 0 Å². The molecule has 112 valence electrons.